The molecule has 1 aromatic heterocycles. The fraction of sp³-hybridized carbons (Fsp3) is 0.263. The Labute approximate surface area is 163 Å². The number of thioether (sulfide) groups is 1. The summed E-state index contributed by atoms with van der Waals surface area (Å²) in [5.74, 6) is 2.35. The number of aliphatic hydroxyl groups is 1. The Bertz CT molecular complexity index is 849. The van der Waals surface area contributed by atoms with Gasteiger partial charge in [0.25, 0.3) is 0 Å². The van der Waals surface area contributed by atoms with Gasteiger partial charge in [-0.1, -0.05) is 49.0 Å². The van der Waals surface area contributed by atoms with E-state index in [0.29, 0.717) is 12.4 Å². The van der Waals surface area contributed by atoms with Crippen LogP contribution in [0, 0.1) is 0 Å². The molecule has 5 nitrogen and oxygen atoms in total. The quantitative estimate of drug-likeness (QED) is 0.462. The van der Waals surface area contributed by atoms with Crippen molar-refractivity contribution < 1.29 is 9.84 Å². The fourth-order valence-electron chi connectivity index (χ4n) is 2.53. The van der Waals surface area contributed by atoms with Gasteiger partial charge in [-0.15, -0.1) is 12.4 Å². The number of halogens is 1. The van der Waals surface area contributed by atoms with E-state index in [1.54, 1.807) is 18.9 Å². The number of methoxy groups -OCH3 is 1. The van der Waals surface area contributed by atoms with Gasteiger partial charge < -0.3 is 15.2 Å². The molecule has 0 saturated heterocycles. The van der Waals surface area contributed by atoms with E-state index in [4.69, 9.17) is 4.74 Å². The average Bonchev–Trinajstić information content (AvgIpc) is 2.66. The van der Waals surface area contributed by atoms with Crippen LogP contribution in [-0.2, 0) is 0 Å². The minimum atomic E-state index is -0.612. The van der Waals surface area contributed by atoms with Crippen LogP contribution >= 0.6 is 24.2 Å². The van der Waals surface area contributed by atoms with Crippen LogP contribution in [0.15, 0.2) is 53.7 Å². The monoisotopic (exact) mass is 391 g/mol. The van der Waals surface area contributed by atoms with Crippen molar-refractivity contribution in [2.75, 3.05) is 24.7 Å². The average molecular weight is 392 g/mol. The van der Waals surface area contributed by atoms with Crippen LogP contribution in [0.2, 0.25) is 0 Å². The van der Waals surface area contributed by atoms with Gasteiger partial charge in [0.1, 0.15) is 11.6 Å². The standard InChI is InChI=1S/C19H21N3O2S.ClH/c1-3-25-19-21-16-10-9-14(24-2)11-15(16)18(22-19)20-12-17(23)13-7-5-4-6-8-13;/h4-11,17,23H,3,12H2,1-2H3,(H,20,21,22);1H. The number of aliphatic hydroxyl groups excluding tert-OH is 1. The number of anilines is 1. The molecule has 26 heavy (non-hydrogen) atoms. The van der Waals surface area contributed by atoms with E-state index in [0.717, 1.165) is 33.1 Å². The topological polar surface area (TPSA) is 67.3 Å². The lowest BCUT2D eigenvalue weighted by atomic mass is 10.1. The third kappa shape index (κ3) is 4.78. The second-order valence-electron chi connectivity index (χ2n) is 5.48. The maximum Gasteiger partial charge on any atom is 0.190 e. The van der Waals surface area contributed by atoms with Crippen LogP contribution in [0.4, 0.5) is 5.82 Å². The smallest absolute Gasteiger partial charge is 0.190 e. The molecule has 0 aliphatic rings. The molecule has 0 fully saturated rings. The Hall–Kier alpha value is -2.02. The number of hydrogen-bond acceptors (Lipinski definition) is 6. The van der Waals surface area contributed by atoms with Gasteiger partial charge in [0.2, 0.25) is 0 Å². The van der Waals surface area contributed by atoms with Gasteiger partial charge in [0.15, 0.2) is 5.16 Å². The van der Waals surface area contributed by atoms with E-state index < -0.39 is 6.10 Å². The number of hydrogen-bond donors (Lipinski definition) is 2. The molecule has 7 heteroatoms. The summed E-state index contributed by atoms with van der Waals surface area (Å²) in [6.07, 6.45) is -0.612. The van der Waals surface area contributed by atoms with Crippen LogP contribution in [0.3, 0.4) is 0 Å². The molecule has 0 aliphatic heterocycles. The first-order valence-corrected chi connectivity index (χ1v) is 9.15. The molecule has 3 rings (SSSR count). The summed E-state index contributed by atoms with van der Waals surface area (Å²) in [6.45, 7) is 2.43. The largest absolute Gasteiger partial charge is 0.497 e. The van der Waals surface area contributed by atoms with E-state index >= 15 is 0 Å². The van der Waals surface area contributed by atoms with Gasteiger partial charge in [-0.3, -0.25) is 0 Å². The molecule has 2 aromatic carbocycles. The molecule has 2 N–H and O–H groups in total. The van der Waals surface area contributed by atoms with E-state index in [-0.39, 0.29) is 12.4 Å². The summed E-state index contributed by atoms with van der Waals surface area (Å²) in [5, 5.41) is 15.3. The fourth-order valence-corrected chi connectivity index (χ4v) is 3.10. The number of benzene rings is 2. The van der Waals surface area contributed by atoms with Gasteiger partial charge in [0, 0.05) is 11.9 Å². The molecule has 0 saturated carbocycles. The van der Waals surface area contributed by atoms with Crippen LogP contribution in [0.1, 0.15) is 18.6 Å². The van der Waals surface area contributed by atoms with E-state index in [1.165, 1.54) is 0 Å². The first-order valence-electron chi connectivity index (χ1n) is 8.16. The SMILES string of the molecule is CCSc1nc(NCC(O)c2ccccc2)c2cc(OC)ccc2n1.Cl. The predicted molar refractivity (Wildman–Crippen MR) is 110 cm³/mol. The summed E-state index contributed by atoms with van der Waals surface area (Å²) in [5.41, 5.74) is 1.72. The van der Waals surface area contributed by atoms with Crippen molar-refractivity contribution >= 4 is 40.9 Å². The Morgan fingerprint density at radius 2 is 1.92 bits per heavy atom. The number of rotatable bonds is 7. The maximum absolute atomic E-state index is 10.4. The van der Waals surface area contributed by atoms with Gasteiger partial charge >= 0.3 is 0 Å². The minimum Gasteiger partial charge on any atom is -0.497 e. The first kappa shape index (κ1) is 20.3. The number of nitrogens with zero attached hydrogens (tertiary/aromatic N) is 2. The Balaban J connectivity index is 0.00000243. The highest BCUT2D eigenvalue weighted by molar-refractivity contribution is 7.99. The molecular weight excluding hydrogens is 370 g/mol. The van der Waals surface area contributed by atoms with E-state index in [2.05, 4.69) is 22.2 Å². The van der Waals surface area contributed by atoms with Crippen LogP contribution in [-0.4, -0.2) is 34.5 Å². The Kier molecular flexibility index (Phi) is 7.50. The van der Waals surface area contributed by atoms with Crippen molar-refractivity contribution in [1.29, 1.82) is 0 Å². The normalized spacial score (nSPS) is 11.7. The first-order chi connectivity index (χ1) is 12.2. The lowest BCUT2D eigenvalue weighted by Crippen LogP contribution is -2.13. The minimum absolute atomic E-state index is 0. The predicted octanol–water partition coefficient (Wildman–Crippen LogP) is 4.32. The number of nitrogens with one attached hydrogen (secondary N) is 1. The third-order valence-corrected chi connectivity index (χ3v) is 4.53. The van der Waals surface area contributed by atoms with Crippen molar-refractivity contribution in [3.63, 3.8) is 0 Å². The molecule has 1 heterocycles. The molecule has 0 aliphatic carbocycles. The third-order valence-electron chi connectivity index (χ3n) is 3.80. The summed E-state index contributed by atoms with van der Waals surface area (Å²) < 4.78 is 5.31. The second kappa shape index (κ2) is 9.62. The molecule has 0 spiro atoms. The lowest BCUT2D eigenvalue weighted by molar-refractivity contribution is 0.191. The van der Waals surface area contributed by atoms with Crippen molar-refractivity contribution in [2.24, 2.45) is 0 Å². The summed E-state index contributed by atoms with van der Waals surface area (Å²) in [6, 6.07) is 15.3. The van der Waals surface area contributed by atoms with Crippen molar-refractivity contribution in [3.8, 4) is 5.75 Å². The van der Waals surface area contributed by atoms with Gasteiger partial charge in [-0.05, 0) is 29.5 Å². The zero-order valence-corrected chi connectivity index (χ0v) is 16.3. The highest BCUT2D eigenvalue weighted by atomic mass is 35.5. The molecule has 1 unspecified atom stereocenters. The lowest BCUT2D eigenvalue weighted by Gasteiger charge is -2.15. The number of fused-ring (bicyclic) bond motifs is 1. The maximum atomic E-state index is 10.4. The molecule has 1 atom stereocenters. The van der Waals surface area contributed by atoms with Crippen LogP contribution in [0.5, 0.6) is 5.75 Å². The van der Waals surface area contributed by atoms with Crippen molar-refractivity contribution in [3.05, 3.63) is 54.1 Å². The van der Waals surface area contributed by atoms with E-state index in [9.17, 15) is 5.11 Å². The zero-order valence-electron chi connectivity index (χ0n) is 14.7. The Morgan fingerprint density at radius 3 is 2.62 bits per heavy atom. The highest BCUT2D eigenvalue weighted by Crippen LogP contribution is 2.28. The summed E-state index contributed by atoms with van der Waals surface area (Å²) in [7, 11) is 1.63. The van der Waals surface area contributed by atoms with Crippen LogP contribution in [0.25, 0.3) is 10.9 Å². The van der Waals surface area contributed by atoms with Gasteiger partial charge in [-0.2, -0.15) is 0 Å². The molecule has 0 amide bonds. The summed E-state index contributed by atoms with van der Waals surface area (Å²) >= 11 is 1.59. The van der Waals surface area contributed by atoms with Crippen LogP contribution < -0.4 is 10.1 Å². The highest BCUT2D eigenvalue weighted by Gasteiger charge is 2.12. The molecule has 0 radical (unpaired) electrons. The molecule has 3 aromatic rings. The number of ether oxygens (including phenoxy) is 1. The van der Waals surface area contributed by atoms with Crippen molar-refractivity contribution in [1.82, 2.24) is 9.97 Å². The van der Waals surface area contributed by atoms with Gasteiger partial charge in [0.05, 0.1) is 18.7 Å². The Morgan fingerprint density at radius 1 is 1.15 bits per heavy atom. The molecule has 138 valence electrons. The van der Waals surface area contributed by atoms with Gasteiger partial charge in [-0.25, -0.2) is 9.97 Å². The van der Waals surface area contributed by atoms with Crippen molar-refractivity contribution in [2.45, 2.75) is 18.2 Å². The molecule has 0 bridgehead atoms. The van der Waals surface area contributed by atoms with E-state index in [1.807, 2.05) is 48.5 Å². The zero-order chi connectivity index (χ0) is 17.6. The number of aromatic nitrogens is 2. The summed E-state index contributed by atoms with van der Waals surface area (Å²) in [4.78, 5) is 9.19. The molecular formula is C19H22ClN3O2S. The second-order valence-corrected chi connectivity index (χ2v) is 6.71.